The van der Waals surface area contributed by atoms with Crippen molar-refractivity contribution in [3.8, 4) is 11.5 Å². The summed E-state index contributed by atoms with van der Waals surface area (Å²) in [6.07, 6.45) is 0.891. The Labute approximate surface area is 125 Å². The summed E-state index contributed by atoms with van der Waals surface area (Å²) in [5.41, 5.74) is 3.18. The Morgan fingerprint density at radius 3 is 2.71 bits per heavy atom. The van der Waals surface area contributed by atoms with Crippen LogP contribution in [0.15, 0.2) is 42.5 Å². The molecular weight excluding hydrogens is 264 g/mol. The standard InChI is InChI=1S/C18H20O3/c1-12-5-3-4-6-16(12)21-17-10-7-13-11-14(20-2)8-9-15(13)18(17)19/h3-6,8-9,11,17-19H,7,10H2,1-2H3. The van der Waals surface area contributed by atoms with Gasteiger partial charge in [0.2, 0.25) is 0 Å². The molecule has 1 aliphatic rings. The Hall–Kier alpha value is -2.00. The van der Waals surface area contributed by atoms with Crippen LogP contribution in [0.5, 0.6) is 11.5 Å². The van der Waals surface area contributed by atoms with Gasteiger partial charge in [-0.25, -0.2) is 0 Å². The average molecular weight is 284 g/mol. The first kappa shape index (κ1) is 14.0. The third-order valence-electron chi connectivity index (χ3n) is 4.09. The van der Waals surface area contributed by atoms with E-state index in [1.54, 1.807) is 7.11 Å². The molecule has 2 aromatic rings. The molecule has 0 aliphatic heterocycles. The number of hydrogen-bond acceptors (Lipinski definition) is 3. The maximum absolute atomic E-state index is 10.6. The highest BCUT2D eigenvalue weighted by atomic mass is 16.5. The van der Waals surface area contributed by atoms with Gasteiger partial charge >= 0.3 is 0 Å². The molecule has 0 saturated heterocycles. The van der Waals surface area contributed by atoms with Gasteiger partial charge in [-0.05, 0) is 54.7 Å². The Balaban J connectivity index is 1.82. The second-order valence-electron chi connectivity index (χ2n) is 5.47. The number of hydrogen-bond donors (Lipinski definition) is 1. The van der Waals surface area contributed by atoms with Crippen LogP contribution in [-0.4, -0.2) is 18.3 Å². The second kappa shape index (κ2) is 5.78. The minimum atomic E-state index is -0.598. The third-order valence-corrected chi connectivity index (χ3v) is 4.09. The summed E-state index contributed by atoms with van der Waals surface area (Å²) in [4.78, 5) is 0. The quantitative estimate of drug-likeness (QED) is 0.938. The first-order valence-electron chi connectivity index (χ1n) is 7.26. The Bertz CT molecular complexity index is 636. The van der Waals surface area contributed by atoms with Gasteiger partial charge in [0.15, 0.2) is 0 Å². The number of aliphatic hydroxyl groups excluding tert-OH is 1. The molecule has 21 heavy (non-hydrogen) atoms. The van der Waals surface area contributed by atoms with Crippen LogP contribution >= 0.6 is 0 Å². The number of aliphatic hydroxyl groups is 1. The second-order valence-corrected chi connectivity index (χ2v) is 5.47. The molecule has 3 nitrogen and oxygen atoms in total. The number of aryl methyl sites for hydroxylation is 2. The zero-order valence-electron chi connectivity index (χ0n) is 12.4. The highest BCUT2D eigenvalue weighted by Crippen LogP contribution is 2.35. The largest absolute Gasteiger partial charge is 0.497 e. The lowest BCUT2D eigenvalue weighted by molar-refractivity contribution is 0.0226. The van der Waals surface area contributed by atoms with Crippen molar-refractivity contribution >= 4 is 0 Å². The molecule has 2 aromatic carbocycles. The lowest BCUT2D eigenvalue weighted by Gasteiger charge is -2.31. The molecular formula is C18H20O3. The molecule has 0 aromatic heterocycles. The van der Waals surface area contributed by atoms with E-state index in [2.05, 4.69) is 0 Å². The number of para-hydroxylation sites is 1. The molecule has 2 unspecified atom stereocenters. The van der Waals surface area contributed by atoms with Gasteiger partial charge in [0, 0.05) is 0 Å². The van der Waals surface area contributed by atoms with E-state index in [1.165, 1.54) is 0 Å². The van der Waals surface area contributed by atoms with Gasteiger partial charge in [0.1, 0.15) is 23.7 Å². The molecule has 0 saturated carbocycles. The van der Waals surface area contributed by atoms with E-state index < -0.39 is 6.10 Å². The average Bonchev–Trinajstić information content (AvgIpc) is 2.51. The van der Waals surface area contributed by atoms with Crippen molar-refractivity contribution in [3.05, 3.63) is 59.2 Å². The molecule has 0 fully saturated rings. The molecule has 0 spiro atoms. The fourth-order valence-electron chi connectivity index (χ4n) is 2.85. The smallest absolute Gasteiger partial charge is 0.129 e. The van der Waals surface area contributed by atoms with Gasteiger partial charge in [-0.2, -0.15) is 0 Å². The van der Waals surface area contributed by atoms with E-state index in [-0.39, 0.29) is 6.10 Å². The van der Waals surface area contributed by atoms with Gasteiger partial charge in [0.25, 0.3) is 0 Å². The first-order chi connectivity index (χ1) is 10.2. The van der Waals surface area contributed by atoms with Crippen molar-refractivity contribution in [2.75, 3.05) is 7.11 Å². The van der Waals surface area contributed by atoms with Crippen molar-refractivity contribution < 1.29 is 14.6 Å². The zero-order valence-corrected chi connectivity index (χ0v) is 12.4. The Morgan fingerprint density at radius 2 is 1.95 bits per heavy atom. The van der Waals surface area contributed by atoms with E-state index in [1.807, 2.05) is 49.4 Å². The summed E-state index contributed by atoms with van der Waals surface area (Å²) >= 11 is 0. The summed E-state index contributed by atoms with van der Waals surface area (Å²) in [6.45, 7) is 2.02. The van der Waals surface area contributed by atoms with Crippen LogP contribution in [-0.2, 0) is 6.42 Å². The summed E-state index contributed by atoms with van der Waals surface area (Å²) in [7, 11) is 1.66. The number of benzene rings is 2. The van der Waals surface area contributed by atoms with Gasteiger partial charge in [0.05, 0.1) is 7.11 Å². The highest BCUT2D eigenvalue weighted by molar-refractivity contribution is 5.40. The molecule has 110 valence electrons. The minimum absolute atomic E-state index is 0.202. The van der Waals surface area contributed by atoms with Crippen LogP contribution in [0.3, 0.4) is 0 Å². The van der Waals surface area contributed by atoms with E-state index in [0.29, 0.717) is 0 Å². The predicted octanol–water partition coefficient (Wildman–Crippen LogP) is 3.43. The van der Waals surface area contributed by atoms with E-state index >= 15 is 0 Å². The fraction of sp³-hybridized carbons (Fsp3) is 0.333. The number of rotatable bonds is 3. The Morgan fingerprint density at radius 1 is 1.14 bits per heavy atom. The van der Waals surface area contributed by atoms with Crippen molar-refractivity contribution in [2.24, 2.45) is 0 Å². The first-order valence-corrected chi connectivity index (χ1v) is 7.26. The van der Waals surface area contributed by atoms with Crippen LogP contribution < -0.4 is 9.47 Å². The van der Waals surface area contributed by atoms with Gasteiger partial charge in [-0.3, -0.25) is 0 Å². The molecule has 0 radical (unpaired) electrons. The van der Waals surface area contributed by atoms with Crippen LogP contribution in [0.1, 0.15) is 29.2 Å². The maximum atomic E-state index is 10.6. The SMILES string of the molecule is COc1ccc2c(c1)CCC(Oc1ccccc1C)C2O. The molecule has 3 heteroatoms. The van der Waals surface area contributed by atoms with Crippen LogP contribution in [0.2, 0.25) is 0 Å². The molecule has 1 aliphatic carbocycles. The van der Waals surface area contributed by atoms with E-state index in [0.717, 1.165) is 41.0 Å². The Kier molecular flexibility index (Phi) is 3.84. The molecule has 0 amide bonds. The van der Waals surface area contributed by atoms with Gasteiger partial charge in [-0.15, -0.1) is 0 Å². The maximum Gasteiger partial charge on any atom is 0.129 e. The van der Waals surface area contributed by atoms with Gasteiger partial charge in [-0.1, -0.05) is 24.3 Å². The van der Waals surface area contributed by atoms with Crippen LogP contribution in [0.25, 0.3) is 0 Å². The molecule has 0 bridgehead atoms. The summed E-state index contributed by atoms with van der Waals surface area (Å²) in [6, 6.07) is 13.7. The van der Waals surface area contributed by atoms with Crippen molar-refractivity contribution in [1.82, 2.24) is 0 Å². The minimum Gasteiger partial charge on any atom is -0.497 e. The third kappa shape index (κ3) is 2.74. The lowest BCUT2D eigenvalue weighted by atomic mass is 9.87. The normalized spacial score (nSPS) is 20.7. The zero-order chi connectivity index (χ0) is 14.8. The van der Waals surface area contributed by atoms with Crippen LogP contribution in [0, 0.1) is 6.92 Å². The molecule has 1 N–H and O–H groups in total. The number of fused-ring (bicyclic) bond motifs is 1. The summed E-state index contributed by atoms with van der Waals surface area (Å²) in [5.74, 6) is 1.68. The predicted molar refractivity (Wildman–Crippen MR) is 81.9 cm³/mol. The molecule has 3 rings (SSSR count). The van der Waals surface area contributed by atoms with Gasteiger partial charge < -0.3 is 14.6 Å². The highest BCUT2D eigenvalue weighted by Gasteiger charge is 2.30. The molecule has 0 heterocycles. The topological polar surface area (TPSA) is 38.7 Å². The van der Waals surface area contributed by atoms with Crippen molar-refractivity contribution in [3.63, 3.8) is 0 Å². The van der Waals surface area contributed by atoms with Crippen LogP contribution in [0.4, 0.5) is 0 Å². The molecule has 2 atom stereocenters. The van der Waals surface area contributed by atoms with E-state index in [9.17, 15) is 5.11 Å². The van der Waals surface area contributed by atoms with Crippen molar-refractivity contribution in [1.29, 1.82) is 0 Å². The number of ether oxygens (including phenoxy) is 2. The lowest BCUT2D eigenvalue weighted by Crippen LogP contribution is -2.30. The summed E-state index contributed by atoms with van der Waals surface area (Å²) in [5, 5.41) is 10.6. The number of methoxy groups -OCH3 is 1. The summed E-state index contributed by atoms with van der Waals surface area (Å²) < 4.78 is 11.3. The monoisotopic (exact) mass is 284 g/mol. The fourth-order valence-corrected chi connectivity index (χ4v) is 2.85. The van der Waals surface area contributed by atoms with Crippen molar-refractivity contribution in [2.45, 2.75) is 32.0 Å². The van der Waals surface area contributed by atoms with E-state index in [4.69, 9.17) is 9.47 Å².